The maximum atomic E-state index is 12.3. The third kappa shape index (κ3) is 7.20. The lowest BCUT2D eigenvalue weighted by molar-refractivity contribution is -0.182. The summed E-state index contributed by atoms with van der Waals surface area (Å²) in [6, 6.07) is 0. The lowest BCUT2D eigenvalue weighted by Crippen LogP contribution is -2.46. The summed E-state index contributed by atoms with van der Waals surface area (Å²) in [6.45, 7) is 7.74. The molecule has 0 radical (unpaired) electrons. The Bertz CT molecular complexity index is 406. The topological polar surface area (TPSA) is 72.8 Å². The van der Waals surface area contributed by atoms with Gasteiger partial charge in [-0.1, -0.05) is 45.4 Å². The van der Waals surface area contributed by atoms with Crippen molar-refractivity contribution < 1.29 is 24.2 Å². The van der Waals surface area contributed by atoms with Crippen LogP contribution in [0.15, 0.2) is 0 Å². The lowest BCUT2D eigenvalue weighted by Gasteiger charge is -2.34. The molecule has 0 amide bonds. The number of unbranched alkanes of at least 4 members (excludes halogenated alkanes) is 1. The lowest BCUT2D eigenvalue weighted by atomic mass is 9.79. The molecule has 1 saturated carbocycles. The number of hydrogen-bond donors (Lipinski definition) is 1. The fraction of sp³-hybridized carbons (Fsp3) is 0.895. The predicted molar refractivity (Wildman–Crippen MR) is 92.9 cm³/mol. The van der Waals surface area contributed by atoms with Crippen molar-refractivity contribution in [3.63, 3.8) is 0 Å². The molecule has 1 aliphatic rings. The van der Waals surface area contributed by atoms with Crippen molar-refractivity contribution in [2.75, 3.05) is 6.61 Å². The first-order chi connectivity index (χ1) is 11.2. The van der Waals surface area contributed by atoms with E-state index >= 15 is 0 Å². The van der Waals surface area contributed by atoms with Crippen molar-refractivity contribution in [3.05, 3.63) is 0 Å². The first-order valence-corrected chi connectivity index (χ1v) is 9.28. The standard InChI is InChI=1S/C19H34O5/c1-5-6-12-23-19(17(21)22,13-15-10-8-7-9-11-15)14-16(20)24-18(2,3)4/h15H,5-14H2,1-4H3,(H,21,22)/t19-/m1/s1. The minimum absolute atomic E-state index is 0.222. The van der Waals surface area contributed by atoms with Gasteiger partial charge in [0, 0.05) is 6.61 Å². The smallest absolute Gasteiger partial charge is 0.336 e. The summed E-state index contributed by atoms with van der Waals surface area (Å²) in [5.74, 6) is -1.24. The molecule has 0 heterocycles. The molecule has 5 nitrogen and oxygen atoms in total. The van der Waals surface area contributed by atoms with E-state index in [0.29, 0.717) is 18.9 Å². The normalized spacial score (nSPS) is 18.8. The molecule has 0 aliphatic heterocycles. The van der Waals surface area contributed by atoms with Crippen LogP contribution in [0.4, 0.5) is 0 Å². The van der Waals surface area contributed by atoms with Crippen LogP contribution in [0.2, 0.25) is 0 Å². The van der Waals surface area contributed by atoms with Crippen LogP contribution in [0.5, 0.6) is 0 Å². The van der Waals surface area contributed by atoms with Gasteiger partial charge in [0.25, 0.3) is 0 Å². The quantitative estimate of drug-likeness (QED) is 0.499. The van der Waals surface area contributed by atoms with E-state index in [2.05, 4.69) is 0 Å². The van der Waals surface area contributed by atoms with Crippen LogP contribution in [0, 0.1) is 5.92 Å². The number of aliphatic carboxylic acids is 1. The van der Waals surface area contributed by atoms with E-state index in [1.54, 1.807) is 20.8 Å². The molecule has 24 heavy (non-hydrogen) atoms. The highest BCUT2D eigenvalue weighted by Gasteiger charge is 2.44. The molecule has 5 heteroatoms. The van der Waals surface area contributed by atoms with Crippen molar-refractivity contribution >= 4 is 11.9 Å². The van der Waals surface area contributed by atoms with Crippen LogP contribution in [-0.2, 0) is 19.1 Å². The molecule has 1 fully saturated rings. The van der Waals surface area contributed by atoms with Gasteiger partial charge in [0.05, 0.1) is 6.42 Å². The summed E-state index contributed by atoms with van der Waals surface area (Å²) in [5, 5.41) is 9.87. The highest BCUT2D eigenvalue weighted by Crippen LogP contribution is 2.35. The van der Waals surface area contributed by atoms with Crippen LogP contribution < -0.4 is 0 Å². The molecule has 140 valence electrons. The van der Waals surface area contributed by atoms with E-state index in [9.17, 15) is 14.7 Å². The second kappa shape index (κ2) is 9.40. The van der Waals surface area contributed by atoms with Gasteiger partial charge < -0.3 is 14.6 Å². The average molecular weight is 342 g/mol. The van der Waals surface area contributed by atoms with Gasteiger partial charge in [0.15, 0.2) is 5.60 Å². The van der Waals surface area contributed by atoms with Gasteiger partial charge in [-0.2, -0.15) is 0 Å². The Kier molecular flexibility index (Phi) is 8.20. The predicted octanol–water partition coefficient (Wildman–Crippen LogP) is 4.33. The summed E-state index contributed by atoms with van der Waals surface area (Å²) < 4.78 is 11.2. The summed E-state index contributed by atoms with van der Waals surface area (Å²) in [6.07, 6.45) is 7.37. The molecule has 1 atom stereocenters. The molecule has 0 saturated heterocycles. The number of ether oxygens (including phenoxy) is 2. The minimum Gasteiger partial charge on any atom is -0.479 e. The van der Waals surface area contributed by atoms with Crippen molar-refractivity contribution in [3.8, 4) is 0 Å². The number of esters is 1. The van der Waals surface area contributed by atoms with Crippen LogP contribution >= 0.6 is 0 Å². The van der Waals surface area contributed by atoms with E-state index in [1.807, 2.05) is 6.92 Å². The molecule has 0 aromatic heterocycles. The molecule has 1 rings (SSSR count). The van der Waals surface area contributed by atoms with Crippen LogP contribution in [0.25, 0.3) is 0 Å². The fourth-order valence-corrected chi connectivity index (χ4v) is 3.29. The van der Waals surface area contributed by atoms with E-state index in [-0.39, 0.29) is 6.42 Å². The van der Waals surface area contributed by atoms with E-state index in [4.69, 9.17) is 9.47 Å². The Hall–Kier alpha value is -1.10. The van der Waals surface area contributed by atoms with Crippen molar-refractivity contribution in [2.45, 2.75) is 96.7 Å². The van der Waals surface area contributed by atoms with Crippen molar-refractivity contribution in [2.24, 2.45) is 5.92 Å². The molecular formula is C19H34O5. The van der Waals surface area contributed by atoms with Crippen LogP contribution in [0.1, 0.15) is 85.5 Å². The maximum absolute atomic E-state index is 12.3. The Labute approximate surface area is 146 Å². The molecule has 1 N–H and O–H groups in total. The third-order valence-corrected chi connectivity index (χ3v) is 4.46. The minimum atomic E-state index is -1.46. The van der Waals surface area contributed by atoms with Gasteiger partial charge in [0.1, 0.15) is 5.60 Å². The van der Waals surface area contributed by atoms with Gasteiger partial charge in [-0.3, -0.25) is 4.79 Å². The first kappa shape index (κ1) is 20.9. The molecule has 0 aromatic carbocycles. The van der Waals surface area contributed by atoms with E-state index in [0.717, 1.165) is 38.5 Å². The zero-order valence-electron chi connectivity index (χ0n) is 15.7. The first-order valence-electron chi connectivity index (χ1n) is 9.28. The zero-order valence-corrected chi connectivity index (χ0v) is 15.7. The Morgan fingerprint density at radius 3 is 2.25 bits per heavy atom. The van der Waals surface area contributed by atoms with Crippen molar-refractivity contribution in [1.29, 1.82) is 0 Å². The van der Waals surface area contributed by atoms with Gasteiger partial charge in [-0.05, 0) is 39.5 Å². The molecule has 1 aliphatic carbocycles. The maximum Gasteiger partial charge on any atom is 0.336 e. The second-order valence-corrected chi connectivity index (χ2v) is 7.97. The summed E-state index contributed by atoms with van der Waals surface area (Å²) in [4.78, 5) is 24.3. The van der Waals surface area contributed by atoms with Gasteiger partial charge in [0.2, 0.25) is 0 Å². The largest absolute Gasteiger partial charge is 0.479 e. The van der Waals surface area contributed by atoms with Gasteiger partial charge in [-0.25, -0.2) is 4.79 Å². The number of rotatable bonds is 9. The molecule has 0 unspecified atom stereocenters. The molecular weight excluding hydrogens is 308 g/mol. The summed E-state index contributed by atoms with van der Waals surface area (Å²) in [7, 11) is 0. The fourth-order valence-electron chi connectivity index (χ4n) is 3.29. The summed E-state index contributed by atoms with van der Waals surface area (Å²) in [5.41, 5.74) is -2.09. The Morgan fingerprint density at radius 2 is 1.75 bits per heavy atom. The number of carboxylic acid groups (broad SMARTS) is 1. The Morgan fingerprint density at radius 1 is 1.12 bits per heavy atom. The summed E-state index contributed by atoms with van der Waals surface area (Å²) >= 11 is 0. The van der Waals surface area contributed by atoms with Crippen LogP contribution in [0.3, 0.4) is 0 Å². The number of carboxylic acids is 1. The molecule has 0 aromatic rings. The van der Waals surface area contributed by atoms with E-state index in [1.165, 1.54) is 6.42 Å². The molecule has 0 bridgehead atoms. The second-order valence-electron chi connectivity index (χ2n) is 7.97. The zero-order chi connectivity index (χ0) is 18.2. The van der Waals surface area contributed by atoms with Crippen LogP contribution in [-0.4, -0.2) is 34.9 Å². The third-order valence-electron chi connectivity index (χ3n) is 4.46. The monoisotopic (exact) mass is 342 g/mol. The van der Waals surface area contributed by atoms with Gasteiger partial charge in [-0.15, -0.1) is 0 Å². The number of carbonyl (C=O) groups is 2. The SMILES string of the molecule is CCCCO[C@@](CC(=O)OC(C)(C)C)(CC1CCCCC1)C(=O)O. The highest BCUT2D eigenvalue weighted by molar-refractivity contribution is 5.84. The average Bonchev–Trinajstić information content (AvgIpc) is 2.46. The van der Waals surface area contributed by atoms with Crippen molar-refractivity contribution in [1.82, 2.24) is 0 Å². The Balaban J connectivity index is 2.87. The van der Waals surface area contributed by atoms with Gasteiger partial charge >= 0.3 is 11.9 Å². The number of carbonyl (C=O) groups excluding carboxylic acids is 1. The molecule has 0 spiro atoms. The highest BCUT2D eigenvalue weighted by atomic mass is 16.6. The number of hydrogen-bond acceptors (Lipinski definition) is 4. The van der Waals surface area contributed by atoms with E-state index < -0.39 is 23.1 Å².